The maximum absolute atomic E-state index is 15.3. The van der Waals surface area contributed by atoms with Crippen molar-refractivity contribution in [2.24, 2.45) is 0 Å². The van der Waals surface area contributed by atoms with E-state index in [0.29, 0.717) is 5.56 Å². The lowest BCUT2D eigenvalue weighted by Crippen LogP contribution is -2.54. The first kappa shape index (κ1) is 29.0. The van der Waals surface area contributed by atoms with E-state index in [1.807, 2.05) is 0 Å². The van der Waals surface area contributed by atoms with Crippen LogP contribution in [0.15, 0.2) is 42.7 Å². The van der Waals surface area contributed by atoms with Crippen molar-refractivity contribution in [3.8, 4) is 11.3 Å². The van der Waals surface area contributed by atoms with Crippen molar-refractivity contribution in [1.82, 2.24) is 15.3 Å². The summed E-state index contributed by atoms with van der Waals surface area (Å²) in [5.74, 6) is -3.62. The van der Waals surface area contributed by atoms with E-state index in [4.69, 9.17) is 10.5 Å². The summed E-state index contributed by atoms with van der Waals surface area (Å²) in [4.78, 5) is 33.9. The highest BCUT2D eigenvalue weighted by atomic mass is 19.1. The number of benzene rings is 1. The first-order chi connectivity index (χ1) is 18.8. The Morgan fingerprint density at radius 3 is 2.58 bits per heavy atom. The van der Waals surface area contributed by atoms with Crippen LogP contribution in [0.25, 0.3) is 11.3 Å². The van der Waals surface area contributed by atoms with Crippen molar-refractivity contribution in [3.63, 3.8) is 0 Å². The minimum atomic E-state index is -1.46. The van der Waals surface area contributed by atoms with Gasteiger partial charge in [0.2, 0.25) is 0 Å². The molecule has 0 spiro atoms. The fourth-order valence-corrected chi connectivity index (χ4v) is 4.42. The van der Waals surface area contributed by atoms with Crippen LogP contribution in [0.3, 0.4) is 0 Å². The molecular weight excluding hydrogens is 524 g/mol. The van der Waals surface area contributed by atoms with Gasteiger partial charge < -0.3 is 31.3 Å². The van der Waals surface area contributed by atoms with Gasteiger partial charge in [-0.05, 0) is 58.0 Å². The predicted molar refractivity (Wildman–Crippen MR) is 143 cm³/mol. The van der Waals surface area contributed by atoms with Crippen LogP contribution >= 0.6 is 0 Å². The number of aliphatic hydroxyl groups excluding tert-OH is 1. The summed E-state index contributed by atoms with van der Waals surface area (Å²) in [5, 5.41) is 26.1. The van der Waals surface area contributed by atoms with Crippen LogP contribution in [-0.2, 0) is 4.74 Å². The SMILES string of the molecule is CC(C)NC(=O)c1ccc(F)c(-c2ccc(N)c(C(=O)Nc3cnccc3[C@@H]3C[C@@H](O)[C@](C)(O)[C@@H](C)O3)n2)c1F. The lowest BCUT2D eigenvalue weighted by Gasteiger charge is -2.43. The van der Waals surface area contributed by atoms with Crippen LogP contribution < -0.4 is 16.4 Å². The molecule has 0 saturated carbocycles. The Morgan fingerprint density at radius 2 is 1.90 bits per heavy atom. The third-order valence-corrected chi connectivity index (χ3v) is 6.91. The molecule has 6 N–H and O–H groups in total. The van der Waals surface area contributed by atoms with E-state index in [2.05, 4.69) is 20.6 Å². The van der Waals surface area contributed by atoms with Crippen molar-refractivity contribution >= 4 is 23.2 Å². The summed E-state index contributed by atoms with van der Waals surface area (Å²) in [6.45, 7) is 6.51. The zero-order chi connectivity index (χ0) is 29.4. The zero-order valence-corrected chi connectivity index (χ0v) is 22.4. The fraction of sp³-hybridized carbons (Fsp3) is 0.357. The largest absolute Gasteiger partial charge is 0.397 e. The first-order valence-corrected chi connectivity index (χ1v) is 12.7. The Bertz CT molecular complexity index is 1430. The number of rotatable bonds is 6. The Hall–Kier alpha value is -4.00. The maximum Gasteiger partial charge on any atom is 0.276 e. The zero-order valence-electron chi connectivity index (χ0n) is 22.4. The van der Waals surface area contributed by atoms with Gasteiger partial charge in [-0.2, -0.15) is 0 Å². The quantitative estimate of drug-likeness (QED) is 0.310. The minimum Gasteiger partial charge on any atom is -0.397 e. The molecule has 0 radical (unpaired) electrons. The highest BCUT2D eigenvalue weighted by Crippen LogP contribution is 2.39. The molecule has 0 aliphatic carbocycles. The number of nitrogen functional groups attached to an aromatic ring is 1. The van der Waals surface area contributed by atoms with Gasteiger partial charge in [0.1, 0.15) is 17.2 Å². The number of ether oxygens (including phenoxy) is 1. The number of carbonyl (C=O) groups is 2. The van der Waals surface area contributed by atoms with E-state index in [1.165, 1.54) is 31.5 Å². The number of aliphatic hydroxyl groups is 2. The van der Waals surface area contributed by atoms with Gasteiger partial charge in [0.25, 0.3) is 11.8 Å². The third-order valence-electron chi connectivity index (χ3n) is 6.91. The van der Waals surface area contributed by atoms with Crippen LogP contribution in [-0.4, -0.2) is 55.8 Å². The van der Waals surface area contributed by atoms with Crippen LogP contribution in [0.2, 0.25) is 0 Å². The van der Waals surface area contributed by atoms with E-state index >= 15 is 4.39 Å². The second-order valence-corrected chi connectivity index (χ2v) is 10.2. The molecule has 0 unspecified atom stereocenters. The van der Waals surface area contributed by atoms with Crippen molar-refractivity contribution in [1.29, 1.82) is 0 Å². The van der Waals surface area contributed by atoms with Crippen molar-refractivity contribution in [2.45, 2.75) is 64.1 Å². The number of amides is 2. The standard InChI is InChI=1S/C28H31F2N5O5/c1-13(2)33-26(37)16-5-6-17(29)23(24(16)30)19-8-7-18(31)25(34-19)27(38)35-20-12-32-10-9-15(20)21-11-22(36)28(4,39)14(3)40-21/h5-10,12-14,21-22,36,39H,11,31H2,1-4H3,(H,33,37)(H,35,38)/t14-,21+,22-,28-/m1/s1. The Labute approximate surface area is 229 Å². The molecule has 1 saturated heterocycles. The highest BCUT2D eigenvalue weighted by Gasteiger charge is 2.44. The van der Waals surface area contributed by atoms with Crippen LogP contribution in [0.5, 0.6) is 0 Å². The molecule has 4 rings (SSSR count). The number of hydrogen-bond acceptors (Lipinski definition) is 8. The topological polar surface area (TPSA) is 160 Å². The molecule has 1 fully saturated rings. The Morgan fingerprint density at radius 1 is 1.18 bits per heavy atom. The van der Waals surface area contributed by atoms with Gasteiger partial charge in [-0.15, -0.1) is 0 Å². The Kier molecular flexibility index (Phi) is 8.15. The highest BCUT2D eigenvalue weighted by molar-refractivity contribution is 6.07. The van der Waals surface area contributed by atoms with E-state index in [1.54, 1.807) is 26.8 Å². The fourth-order valence-electron chi connectivity index (χ4n) is 4.42. The molecule has 10 nitrogen and oxygen atoms in total. The van der Waals surface area contributed by atoms with Gasteiger partial charge in [-0.1, -0.05) is 0 Å². The number of hydrogen-bond donors (Lipinski definition) is 5. The van der Waals surface area contributed by atoms with Crippen molar-refractivity contribution in [3.05, 3.63) is 71.2 Å². The van der Waals surface area contributed by atoms with Gasteiger partial charge in [-0.3, -0.25) is 14.6 Å². The van der Waals surface area contributed by atoms with Crippen molar-refractivity contribution in [2.75, 3.05) is 11.1 Å². The van der Waals surface area contributed by atoms with Gasteiger partial charge in [-0.25, -0.2) is 13.8 Å². The molecule has 4 atom stereocenters. The molecule has 1 aromatic carbocycles. The molecule has 212 valence electrons. The second kappa shape index (κ2) is 11.2. The summed E-state index contributed by atoms with van der Waals surface area (Å²) in [5.41, 5.74) is 3.69. The van der Waals surface area contributed by atoms with Gasteiger partial charge in [0.05, 0.1) is 52.7 Å². The third kappa shape index (κ3) is 5.64. The number of nitrogens with two attached hydrogens (primary N) is 1. The molecule has 3 aromatic rings. The van der Waals surface area contributed by atoms with Crippen LogP contribution in [0.1, 0.15) is 66.6 Å². The molecule has 3 heterocycles. The number of carbonyl (C=O) groups excluding carboxylic acids is 2. The van der Waals surface area contributed by atoms with E-state index < -0.39 is 52.9 Å². The van der Waals surface area contributed by atoms with Crippen LogP contribution in [0, 0.1) is 11.6 Å². The second-order valence-electron chi connectivity index (χ2n) is 10.2. The van der Waals surface area contributed by atoms with Gasteiger partial charge in [0, 0.05) is 24.2 Å². The normalized spacial score (nSPS) is 22.7. The summed E-state index contributed by atoms with van der Waals surface area (Å²) < 4.78 is 36.1. The lowest BCUT2D eigenvalue weighted by molar-refractivity contribution is -0.215. The molecule has 0 bridgehead atoms. The summed E-state index contributed by atoms with van der Waals surface area (Å²) in [7, 11) is 0. The van der Waals surface area contributed by atoms with Crippen molar-refractivity contribution < 1.29 is 33.3 Å². The summed E-state index contributed by atoms with van der Waals surface area (Å²) in [6.07, 6.45) is 0.434. The summed E-state index contributed by atoms with van der Waals surface area (Å²) >= 11 is 0. The van der Waals surface area contributed by atoms with Crippen LogP contribution in [0.4, 0.5) is 20.2 Å². The first-order valence-electron chi connectivity index (χ1n) is 12.7. The molecule has 40 heavy (non-hydrogen) atoms. The number of pyridine rings is 2. The molecule has 1 aliphatic rings. The van der Waals surface area contributed by atoms with Gasteiger partial charge >= 0.3 is 0 Å². The lowest BCUT2D eigenvalue weighted by atomic mass is 9.84. The Balaban J connectivity index is 1.66. The number of nitrogens with zero attached hydrogens (tertiary/aromatic N) is 2. The minimum absolute atomic E-state index is 0.0549. The van der Waals surface area contributed by atoms with E-state index in [9.17, 15) is 24.2 Å². The predicted octanol–water partition coefficient (Wildman–Crippen LogP) is 3.36. The molecule has 2 aromatic heterocycles. The number of halogens is 2. The maximum atomic E-state index is 15.3. The molecule has 2 amide bonds. The smallest absolute Gasteiger partial charge is 0.276 e. The molecule has 12 heteroatoms. The number of aromatic nitrogens is 2. The number of nitrogens with one attached hydrogen (secondary N) is 2. The van der Waals surface area contributed by atoms with Gasteiger partial charge in [0.15, 0.2) is 5.69 Å². The average Bonchev–Trinajstić information content (AvgIpc) is 2.88. The molecule has 1 aliphatic heterocycles. The number of anilines is 2. The van der Waals surface area contributed by atoms with E-state index in [0.717, 1.165) is 12.1 Å². The van der Waals surface area contributed by atoms with E-state index in [-0.39, 0.29) is 40.8 Å². The summed E-state index contributed by atoms with van der Waals surface area (Å²) in [6, 6.07) is 5.84. The average molecular weight is 556 g/mol. The molecular formula is C28H31F2N5O5. The monoisotopic (exact) mass is 555 g/mol.